The van der Waals surface area contributed by atoms with Crippen molar-refractivity contribution in [3.8, 4) is 0 Å². The molecule has 3 atom stereocenters. The van der Waals surface area contributed by atoms with Gasteiger partial charge in [0.2, 0.25) is 5.91 Å². The van der Waals surface area contributed by atoms with Gasteiger partial charge in [0.15, 0.2) is 0 Å². The predicted octanol–water partition coefficient (Wildman–Crippen LogP) is 2.41. The second-order valence-corrected chi connectivity index (χ2v) is 5.68. The summed E-state index contributed by atoms with van der Waals surface area (Å²) in [4.78, 5) is 14.4. The normalized spacial score (nSPS) is 22.5. The average molecular weight is 299 g/mol. The van der Waals surface area contributed by atoms with Crippen molar-refractivity contribution in [2.24, 2.45) is 0 Å². The van der Waals surface area contributed by atoms with Crippen LogP contribution in [-0.2, 0) is 4.79 Å². The Hall–Kier alpha value is -2.11. The van der Waals surface area contributed by atoms with Crippen molar-refractivity contribution in [3.63, 3.8) is 0 Å². The molecule has 116 valence electrons. The third kappa shape index (κ3) is 2.91. The third-order valence-electron chi connectivity index (χ3n) is 4.29. The number of hydrogen-bond donors (Lipinski definition) is 2. The molecule has 5 heteroatoms. The lowest BCUT2D eigenvalue weighted by Gasteiger charge is -2.26. The smallest absolute Gasteiger partial charge is 0.241 e. The van der Waals surface area contributed by atoms with E-state index < -0.39 is 0 Å². The monoisotopic (exact) mass is 299 g/mol. The van der Waals surface area contributed by atoms with E-state index >= 15 is 0 Å². The zero-order valence-corrected chi connectivity index (χ0v) is 12.8. The molecule has 1 fully saturated rings. The number of nitrogens with one attached hydrogen (secondary N) is 2. The molecule has 1 aromatic carbocycles. The summed E-state index contributed by atoms with van der Waals surface area (Å²) in [6, 6.07) is 13.7. The van der Waals surface area contributed by atoms with Gasteiger partial charge < -0.3 is 9.32 Å². The van der Waals surface area contributed by atoms with Gasteiger partial charge in [-0.1, -0.05) is 30.3 Å². The van der Waals surface area contributed by atoms with E-state index in [4.69, 9.17) is 4.42 Å². The van der Waals surface area contributed by atoms with Gasteiger partial charge in [-0.25, -0.2) is 10.9 Å². The molecule has 5 nitrogen and oxygen atoms in total. The van der Waals surface area contributed by atoms with Crippen molar-refractivity contribution in [1.29, 1.82) is 0 Å². The van der Waals surface area contributed by atoms with Gasteiger partial charge in [0.05, 0.1) is 12.3 Å². The maximum absolute atomic E-state index is 12.6. The van der Waals surface area contributed by atoms with Crippen molar-refractivity contribution in [3.05, 3.63) is 60.1 Å². The first-order valence-electron chi connectivity index (χ1n) is 7.53. The molecular weight excluding hydrogens is 278 g/mol. The van der Waals surface area contributed by atoms with Crippen molar-refractivity contribution >= 4 is 5.91 Å². The molecule has 3 rings (SSSR count). The molecule has 1 aliphatic rings. The number of carbonyl (C=O) groups is 1. The second kappa shape index (κ2) is 6.34. The molecule has 2 N–H and O–H groups in total. The standard InChI is InChI=1S/C17H21N3O2/c1-12(16-9-6-10-22-16)20(2)17(21)15-11-14(18-19-15)13-7-4-3-5-8-13/h3-10,12,14-15,18-19H,11H2,1-2H3. The molecule has 0 saturated carbocycles. The van der Waals surface area contributed by atoms with E-state index in [1.165, 1.54) is 5.56 Å². The number of furan rings is 1. The summed E-state index contributed by atoms with van der Waals surface area (Å²) in [6.07, 6.45) is 2.36. The van der Waals surface area contributed by atoms with E-state index in [-0.39, 0.29) is 24.0 Å². The second-order valence-electron chi connectivity index (χ2n) is 5.68. The Morgan fingerprint density at radius 3 is 2.68 bits per heavy atom. The minimum Gasteiger partial charge on any atom is -0.467 e. The van der Waals surface area contributed by atoms with Crippen LogP contribution in [-0.4, -0.2) is 23.9 Å². The zero-order chi connectivity index (χ0) is 15.5. The molecule has 0 bridgehead atoms. The summed E-state index contributed by atoms with van der Waals surface area (Å²) in [5.41, 5.74) is 7.51. The maximum atomic E-state index is 12.6. The highest BCUT2D eigenvalue weighted by Crippen LogP contribution is 2.25. The highest BCUT2D eigenvalue weighted by atomic mass is 16.3. The molecule has 0 radical (unpaired) electrons. The van der Waals surface area contributed by atoms with E-state index in [0.717, 1.165) is 12.2 Å². The summed E-state index contributed by atoms with van der Waals surface area (Å²) in [7, 11) is 1.81. The number of nitrogens with zero attached hydrogens (tertiary/aromatic N) is 1. The Labute approximate surface area is 130 Å². The SMILES string of the molecule is CC(c1ccco1)N(C)C(=O)C1CC(c2ccccc2)NN1. The van der Waals surface area contributed by atoms with Gasteiger partial charge in [0.25, 0.3) is 0 Å². The Morgan fingerprint density at radius 2 is 2.00 bits per heavy atom. The largest absolute Gasteiger partial charge is 0.467 e. The number of carbonyl (C=O) groups excluding carboxylic acids is 1. The van der Waals surface area contributed by atoms with Gasteiger partial charge in [-0.2, -0.15) is 0 Å². The minimum absolute atomic E-state index is 0.0647. The number of rotatable bonds is 4. The lowest BCUT2D eigenvalue weighted by Crippen LogP contribution is -2.44. The summed E-state index contributed by atoms with van der Waals surface area (Å²) in [5.74, 6) is 0.858. The molecule has 1 amide bonds. The fraction of sp³-hybridized carbons (Fsp3) is 0.353. The Balaban J connectivity index is 1.64. The van der Waals surface area contributed by atoms with Gasteiger partial charge in [-0.05, 0) is 31.0 Å². The van der Waals surface area contributed by atoms with Crippen LogP contribution in [0.2, 0.25) is 0 Å². The number of amides is 1. The molecule has 1 aromatic heterocycles. The topological polar surface area (TPSA) is 57.5 Å². The van der Waals surface area contributed by atoms with E-state index in [1.807, 2.05) is 44.3 Å². The first-order chi connectivity index (χ1) is 10.7. The van der Waals surface area contributed by atoms with Crippen molar-refractivity contribution in [2.75, 3.05) is 7.05 Å². The summed E-state index contributed by atoms with van der Waals surface area (Å²) >= 11 is 0. The van der Waals surface area contributed by atoms with Gasteiger partial charge in [-0.15, -0.1) is 0 Å². The van der Waals surface area contributed by atoms with Gasteiger partial charge in [-0.3, -0.25) is 4.79 Å². The van der Waals surface area contributed by atoms with Crippen LogP contribution in [0.1, 0.15) is 36.8 Å². The summed E-state index contributed by atoms with van der Waals surface area (Å²) < 4.78 is 5.39. The number of hydrogen-bond acceptors (Lipinski definition) is 4. The molecule has 0 aliphatic carbocycles. The van der Waals surface area contributed by atoms with Gasteiger partial charge in [0.1, 0.15) is 11.8 Å². The summed E-state index contributed by atoms with van der Waals surface area (Å²) in [6.45, 7) is 1.97. The molecule has 0 spiro atoms. The minimum atomic E-state index is -0.229. The van der Waals surface area contributed by atoms with Crippen LogP contribution in [0.25, 0.3) is 0 Å². The highest BCUT2D eigenvalue weighted by molar-refractivity contribution is 5.82. The molecule has 3 unspecified atom stereocenters. The van der Waals surface area contributed by atoms with E-state index in [0.29, 0.717) is 0 Å². The Bertz CT molecular complexity index is 612. The van der Waals surface area contributed by atoms with Crippen LogP contribution < -0.4 is 10.9 Å². The number of hydrazine groups is 1. The molecule has 22 heavy (non-hydrogen) atoms. The van der Waals surface area contributed by atoms with E-state index in [2.05, 4.69) is 23.0 Å². The fourth-order valence-corrected chi connectivity index (χ4v) is 2.78. The summed E-state index contributed by atoms with van der Waals surface area (Å²) in [5, 5.41) is 0. The first-order valence-corrected chi connectivity index (χ1v) is 7.53. The molecule has 2 aromatic rings. The van der Waals surface area contributed by atoms with Gasteiger partial charge >= 0.3 is 0 Å². The predicted molar refractivity (Wildman–Crippen MR) is 83.8 cm³/mol. The van der Waals surface area contributed by atoms with Crippen LogP contribution in [0.3, 0.4) is 0 Å². The lowest BCUT2D eigenvalue weighted by atomic mass is 10.0. The van der Waals surface area contributed by atoms with Crippen molar-refractivity contribution < 1.29 is 9.21 Å². The quantitative estimate of drug-likeness (QED) is 0.910. The van der Waals surface area contributed by atoms with Crippen LogP contribution in [0.5, 0.6) is 0 Å². The third-order valence-corrected chi connectivity index (χ3v) is 4.29. The van der Waals surface area contributed by atoms with Crippen molar-refractivity contribution in [1.82, 2.24) is 15.8 Å². The van der Waals surface area contributed by atoms with E-state index in [1.54, 1.807) is 11.2 Å². The molecule has 1 aliphatic heterocycles. The zero-order valence-electron chi connectivity index (χ0n) is 12.8. The van der Waals surface area contributed by atoms with Gasteiger partial charge in [0, 0.05) is 13.1 Å². The maximum Gasteiger partial charge on any atom is 0.241 e. The fourth-order valence-electron chi connectivity index (χ4n) is 2.78. The number of likely N-dealkylation sites (N-methyl/N-ethyl adjacent to an activating group) is 1. The molecule has 2 heterocycles. The number of benzene rings is 1. The van der Waals surface area contributed by atoms with Crippen LogP contribution in [0.15, 0.2) is 53.1 Å². The van der Waals surface area contributed by atoms with Crippen LogP contribution in [0.4, 0.5) is 0 Å². The van der Waals surface area contributed by atoms with Crippen molar-refractivity contribution in [2.45, 2.75) is 31.5 Å². The first kappa shape index (κ1) is 14.8. The average Bonchev–Trinajstić information content (AvgIpc) is 3.25. The Kier molecular flexibility index (Phi) is 4.27. The molecule has 1 saturated heterocycles. The van der Waals surface area contributed by atoms with Crippen LogP contribution >= 0.6 is 0 Å². The van der Waals surface area contributed by atoms with E-state index in [9.17, 15) is 4.79 Å². The van der Waals surface area contributed by atoms with Crippen LogP contribution in [0, 0.1) is 0 Å². The molecular formula is C17H21N3O2. The Morgan fingerprint density at radius 1 is 1.23 bits per heavy atom. The highest BCUT2D eigenvalue weighted by Gasteiger charge is 2.33. The lowest BCUT2D eigenvalue weighted by molar-refractivity contribution is -0.134.